The van der Waals surface area contributed by atoms with E-state index in [1.807, 2.05) is 45.0 Å². The molecular formula is C22H27ClN2O2. The lowest BCUT2D eigenvalue weighted by atomic mass is 9.86. The maximum atomic E-state index is 12.0. The lowest BCUT2D eigenvalue weighted by Crippen LogP contribution is -2.25. The number of hydrogen-bond donors (Lipinski definition) is 1. The average molecular weight is 387 g/mol. The van der Waals surface area contributed by atoms with E-state index in [4.69, 9.17) is 16.3 Å². The number of halogens is 1. The summed E-state index contributed by atoms with van der Waals surface area (Å²) in [7, 11) is 0. The summed E-state index contributed by atoms with van der Waals surface area (Å²) in [6, 6.07) is 11.8. The van der Waals surface area contributed by atoms with E-state index < -0.39 is 0 Å². The summed E-state index contributed by atoms with van der Waals surface area (Å²) in [6.45, 7) is 12.1. The molecule has 2 rings (SSSR count). The predicted molar refractivity (Wildman–Crippen MR) is 112 cm³/mol. The van der Waals surface area contributed by atoms with Gasteiger partial charge in [-0.1, -0.05) is 56.6 Å². The molecule has 1 amide bonds. The molecule has 2 aromatic carbocycles. The van der Waals surface area contributed by atoms with E-state index in [-0.39, 0.29) is 17.9 Å². The van der Waals surface area contributed by atoms with Gasteiger partial charge in [0, 0.05) is 5.02 Å². The minimum Gasteiger partial charge on any atom is -0.484 e. The molecule has 144 valence electrons. The number of ether oxygens (including phenoxy) is 1. The minimum atomic E-state index is -0.314. The largest absolute Gasteiger partial charge is 0.484 e. The highest BCUT2D eigenvalue weighted by molar-refractivity contribution is 6.32. The van der Waals surface area contributed by atoms with Crippen molar-refractivity contribution in [2.24, 2.45) is 5.10 Å². The van der Waals surface area contributed by atoms with Crippen molar-refractivity contribution >= 4 is 23.2 Å². The Morgan fingerprint density at radius 2 is 1.67 bits per heavy atom. The van der Waals surface area contributed by atoms with Crippen molar-refractivity contribution in [2.45, 2.75) is 47.0 Å². The summed E-state index contributed by atoms with van der Waals surface area (Å²) < 4.78 is 5.54. The Hall–Kier alpha value is -2.33. The molecule has 0 saturated heterocycles. The van der Waals surface area contributed by atoms with Gasteiger partial charge < -0.3 is 4.74 Å². The van der Waals surface area contributed by atoms with E-state index in [1.54, 1.807) is 0 Å². The molecule has 0 heterocycles. The minimum absolute atomic E-state index is 0.105. The Labute approximate surface area is 166 Å². The van der Waals surface area contributed by atoms with Gasteiger partial charge in [0.1, 0.15) is 5.75 Å². The monoisotopic (exact) mass is 386 g/mol. The standard InChI is InChI=1S/C22H27ClN2O2/c1-14-11-19(12-15(2)21(14)23)27-13-20(26)25-24-16(3)17-7-9-18(10-8-17)22(4,5)6/h7-12H,13H2,1-6H3,(H,25,26). The van der Waals surface area contributed by atoms with Crippen molar-refractivity contribution in [3.8, 4) is 5.75 Å². The van der Waals surface area contributed by atoms with Crippen LogP contribution in [0.3, 0.4) is 0 Å². The third-order valence-electron chi connectivity index (χ3n) is 4.30. The number of carbonyl (C=O) groups excluding carboxylic acids is 1. The first-order valence-corrected chi connectivity index (χ1v) is 9.29. The van der Waals surface area contributed by atoms with E-state index in [1.165, 1.54) is 5.56 Å². The first-order valence-electron chi connectivity index (χ1n) is 8.91. The summed E-state index contributed by atoms with van der Waals surface area (Å²) >= 11 is 6.14. The van der Waals surface area contributed by atoms with Crippen molar-refractivity contribution in [1.82, 2.24) is 5.43 Å². The molecule has 0 spiro atoms. The first kappa shape index (κ1) is 21.0. The van der Waals surface area contributed by atoms with Crippen LogP contribution in [0.2, 0.25) is 5.02 Å². The third kappa shape index (κ3) is 5.83. The molecule has 0 fully saturated rings. The fourth-order valence-corrected chi connectivity index (χ4v) is 2.70. The van der Waals surface area contributed by atoms with Gasteiger partial charge in [-0.25, -0.2) is 5.43 Å². The van der Waals surface area contributed by atoms with Crippen molar-refractivity contribution < 1.29 is 9.53 Å². The maximum Gasteiger partial charge on any atom is 0.277 e. The third-order valence-corrected chi connectivity index (χ3v) is 4.89. The maximum absolute atomic E-state index is 12.0. The van der Waals surface area contributed by atoms with Gasteiger partial charge in [0.15, 0.2) is 6.61 Å². The molecule has 2 aromatic rings. The first-order chi connectivity index (χ1) is 12.6. The molecule has 0 bridgehead atoms. The van der Waals surface area contributed by atoms with Crippen LogP contribution in [0.5, 0.6) is 5.75 Å². The summed E-state index contributed by atoms with van der Waals surface area (Å²) in [4.78, 5) is 12.0. The van der Waals surface area contributed by atoms with Gasteiger partial charge in [-0.15, -0.1) is 0 Å². The number of nitrogens with one attached hydrogen (secondary N) is 1. The van der Waals surface area contributed by atoms with Gasteiger partial charge in [0.05, 0.1) is 5.71 Å². The number of carbonyl (C=O) groups is 1. The second-order valence-electron chi connectivity index (χ2n) is 7.72. The van der Waals surface area contributed by atoms with Crippen LogP contribution in [0.15, 0.2) is 41.5 Å². The highest BCUT2D eigenvalue weighted by Gasteiger charge is 2.13. The van der Waals surface area contributed by atoms with Crippen molar-refractivity contribution in [3.05, 3.63) is 63.7 Å². The van der Waals surface area contributed by atoms with Gasteiger partial charge in [-0.3, -0.25) is 4.79 Å². The lowest BCUT2D eigenvalue weighted by Gasteiger charge is -2.19. The average Bonchev–Trinajstić information content (AvgIpc) is 2.61. The highest BCUT2D eigenvalue weighted by atomic mass is 35.5. The number of hydrogen-bond acceptors (Lipinski definition) is 3. The van der Waals surface area contributed by atoms with Gasteiger partial charge >= 0.3 is 0 Å². The fraction of sp³-hybridized carbons (Fsp3) is 0.364. The molecule has 0 atom stereocenters. The number of nitrogens with zero attached hydrogens (tertiary/aromatic N) is 1. The molecule has 27 heavy (non-hydrogen) atoms. The van der Waals surface area contributed by atoms with E-state index in [9.17, 15) is 4.79 Å². The number of rotatable bonds is 5. The summed E-state index contributed by atoms with van der Waals surface area (Å²) in [5.41, 5.74) is 7.43. The number of hydrazone groups is 1. The van der Waals surface area contributed by atoms with Crippen LogP contribution < -0.4 is 10.2 Å². The van der Waals surface area contributed by atoms with Crippen molar-refractivity contribution in [2.75, 3.05) is 6.61 Å². The lowest BCUT2D eigenvalue weighted by molar-refractivity contribution is -0.123. The molecule has 0 aliphatic heterocycles. The predicted octanol–water partition coefficient (Wildman–Crippen LogP) is 5.17. The summed E-state index contributed by atoms with van der Waals surface area (Å²) in [6.07, 6.45) is 0. The SMILES string of the molecule is CC(=NNC(=O)COc1cc(C)c(Cl)c(C)c1)c1ccc(C(C)(C)C)cc1. The van der Waals surface area contributed by atoms with Crippen LogP contribution in [0.25, 0.3) is 0 Å². The van der Waals surface area contributed by atoms with Gasteiger partial charge in [-0.2, -0.15) is 5.10 Å². The molecule has 4 nitrogen and oxygen atoms in total. The van der Waals surface area contributed by atoms with Gasteiger partial charge in [-0.05, 0) is 60.6 Å². The van der Waals surface area contributed by atoms with Crippen LogP contribution in [0, 0.1) is 13.8 Å². The number of aryl methyl sites for hydroxylation is 2. The molecule has 0 saturated carbocycles. The summed E-state index contributed by atoms with van der Waals surface area (Å²) in [5, 5.41) is 4.88. The van der Waals surface area contributed by atoms with E-state index in [0.717, 1.165) is 22.4 Å². The van der Waals surface area contributed by atoms with Crippen LogP contribution in [0.1, 0.15) is 49.9 Å². The molecular weight excluding hydrogens is 360 g/mol. The number of amides is 1. The molecule has 0 aromatic heterocycles. The van der Waals surface area contributed by atoms with Gasteiger partial charge in [0.25, 0.3) is 5.91 Å². The van der Waals surface area contributed by atoms with Crippen LogP contribution in [0.4, 0.5) is 0 Å². The zero-order valence-electron chi connectivity index (χ0n) is 16.8. The van der Waals surface area contributed by atoms with Gasteiger partial charge in [0.2, 0.25) is 0 Å². The molecule has 0 aliphatic rings. The normalized spacial score (nSPS) is 12.0. The number of benzene rings is 2. The van der Waals surface area contributed by atoms with E-state index in [2.05, 4.69) is 43.4 Å². The molecule has 0 unspecified atom stereocenters. The highest BCUT2D eigenvalue weighted by Crippen LogP contribution is 2.25. The quantitative estimate of drug-likeness (QED) is 0.569. The Balaban J connectivity index is 1.94. The zero-order chi connectivity index (χ0) is 20.2. The molecule has 5 heteroatoms. The Morgan fingerprint density at radius 1 is 1.11 bits per heavy atom. The second kappa shape index (κ2) is 8.57. The Kier molecular flexibility index (Phi) is 6.66. The zero-order valence-corrected chi connectivity index (χ0v) is 17.6. The molecule has 0 radical (unpaired) electrons. The Bertz CT molecular complexity index is 827. The second-order valence-corrected chi connectivity index (χ2v) is 8.10. The topological polar surface area (TPSA) is 50.7 Å². The van der Waals surface area contributed by atoms with Crippen molar-refractivity contribution in [1.29, 1.82) is 0 Å². The molecule has 0 aliphatic carbocycles. The van der Waals surface area contributed by atoms with E-state index in [0.29, 0.717) is 10.8 Å². The van der Waals surface area contributed by atoms with E-state index >= 15 is 0 Å². The van der Waals surface area contributed by atoms with Crippen LogP contribution >= 0.6 is 11.6 Å². The fourth-order valence-electron chi connectivity index (χ4n) is 2.59. The summed E-state index contributed by atoms with van der Waals surface area (Å²) in [5.74, 6) is 0.300. The van der Waals surface area contributed by atoms with Crippen LogP contribution in [-0.2, 0) is 10.2 Å². The Morgan fingerprint density at radius 3 is 2.19 bits per heavy atom. The molecule has 1 N–H and O–H groups in total. The van der Waals surface area contributed by atoms with Crippen LogP contribution in [-0.4, -0.2) is 18.2 Å². The van der Waals surface area contributed by atoms with Crippen molar-refractivity contribution in [3.63, 3.8) is 0 Å². The smallest absolute Gasteiger partial charge is 0.277 e.